The summed E-state index contributed by atoms with van der Waals surface area (Å²) >= 11 is 0. The molecule has 0 N–H and O–H groups in total. The normalized spacial score (nSPS) is 8.25. The van der Waals surface area contributed by atoms with Gasteiger partial charge in [-0.25, -0.2) is 4.57 Å². The zero-order chi connectivity index (χ0) is 9.23. The molecule has 0 aliphatic carbocycles. The molecule has 0 aliphatic heterocycles. The fourth-order valence-electron chi connectivity index (χ4n) is 0.834. The lowest BCUT2D eigenvalue weighted by atomic mass is 9.75. The molecule has 0 saturated carbocycles. The van der Waals surface area contributed by atoms with Crippen molar-refractivity contribution in [2.75, 3.05) is 0 Å². The highest BCUT2D eigenvalue weighted by Gasteiger charge is 1.95. The fraction of sp³-hybridized carbons (Fsp3) is 0.500. The molecule has 1 rings (SSSR count). The molecule has 1 radical (unpaired) electrons. The monoisotopic (exact) mass is 163 g/mol. The van der Waals surface area contributed by atoms with Crippen LogP contribution in [-0.4, -0.2) is 7.28 Å². The van der Waals surface area contributed by atoms with Crippen LogP contribution in [0.25, 0.3) is 0 Å². The summed E-state index contributed by atoms with van der Waals surface area (Å²) in [5, 5.41) is 0. The summed E-state index contributed by atoms with van der Waals surface area (Å²) in [6.07, 6.45) is 6.32. The van der Waals surface area contributed by atoms with Crippen LogP contribution in [0.1, 0.15) is 20.8 Å². The second-order valence-electron chi connectivity index (χ2n) is 2.27. The van der Waals surface area contributed by atoms with Gasteiger partial charge in [-0.05, 0) is 0 Å². The van der Waals surface area contributed by atoms with Gasteiger partial charge in [-0.15, -0.1) is 0 Å². The molecule has 0 aromatic carbocycles. The zero-order valence-electron chi connectivity index (χ0n) is 8.33. The molecule has 1 aromatic rings. The minimum Gasteiger partial charge on any atom is -0.214 e. The van der Waals surface area contributed by atoms with Crippen molar-refractivity contribution in [3.63, 3.8) is 0 Å². The first-order valence-electron chi connectivity index (χ1n) is 4.69. The number of rotatable bonds is 3. The van der Waals surface area contributed by atoms with Crippen LogP contribution in [0.3, 0.4) is 0 Å². The molecule has 0 unspecified atom stereocenters. The third-order valence-corrected chi connectivity index (χ3v) is 1.41. The second-order valence-corrected chi connectivity index (χ2v) is 2.27. The number of hydrogen-bond acceptors (Lipinski definition) is 0. The van der Waals surface area contributed by atoms with Crippen LogP contribution in [0.15, 0.2) is 30.6 Å². The van der Waals surface area contributed by atoms with Crippen LogP contribution < -0.4 is 4.57 Å². The Hall–Kier alpha value is -0.785. The van der Waals surface area contributed by atoms with E-state index < -0.39 is 0 Å². The van der Waals surface area contributed by atoms with Crippen molar-refractivity contribution in [2.45, 2.75) is 33.5 Å². The molecule has 0 fully saturated rings. The highest BCUT2D eigenvalue weighted by molar-refractivity contribution is 6.32. The van der Waals surface area contributed by atoms with Crippen LogP contribution in [0.5, 0.6) is 0 Å². The summed E-state index contributed by atoms with van der Waals surface area (Å²) in [5.74, 6) is 0. The third-order valence-electron chi connectivity index (χ3n) is 1.41. The van der Waals surface area contributed by atoms with Gasteiger partial charge in [0.2, 0.25) is 7.28 Å². The van der Waals surface area contributed by atoms with Crippen molar-refractivity contribution in [1.82, 2.24) is 0 Å². The van der Waals surface area contributed by atoms with Crippen molar-refractivity contribution < 1.29 is 4.57 Å². The summed E-state index contributed by atoms with van der Waals surface area (Å²) in [6, 6.07) is 6.12. The maximum Gasteiger partial charge on any atom is 0.200 e. The fourth-order valence-corrected chi connectivity index (χ4v) is 0.834. The van der Waals surface area contributed by atoms with E-state index in [9.17, 15) is 0 Å². The lowest BCUT2D eigenvalue weighted by molar-refractivity contribution is -0.679. The largest absolute Gasteiger partial charge is 0.214 e. The van der Waals surface area contributed by atoms with Crippen LogP contribution in [0.2, 0.25) is 6.32 Å². The molecule has 1 nitrogen and oxygen atoms in total. The molecule has 0 atom stereocenters. The van der Waals surface area contributed by atoms with Gasteiger partial charge in [-0.2, -0.15) is 0 Å². The van der Waals surface area contributed by atoms with Gasteiger partial charge in [0, 0.05) is 12.1 Å². The van der Waals surface area contributed by atoms with E-state index in [2.05, 4.69) is 31.2 Å². The number of hydrogen-bond donors (Lipinski definition) is 0. The summed E-state index contributed by atoms with van der Waals surface area (Å²) in [5.41, 5.74) is 0. The van der Waals surface area contributed by atoms with E-state index >= 15 is 0 Å². The Labute approximate surface area is 76.7 Å². The molecular formula is C10H18BN+. The highest BCUT2D eigenvalue weighted by atomic mass is 14.9. The predicted octanol–water partition coefficient (Wildman–Crippen LogP) is 2.10. The molecule has 1 aromatic heterocycles. The number of pyridine rings is 1. The molecule has 0 bridgehead atoms. The molecular weight excluding hydrogens is 145 g/mol. The van der Waals surface area contributed by atoms with Crippen molar-refractivity contribution in [3.05, 3.63) is 30.6 Å². The smallest absolute Gasteiger partial charge is 0.200 e. The van der Waals surface area contributed by atoms with Gasteiger partial charge in [0.15, 0.2) is 12.4 Å². The lowest BCUT2D eigenvalue weighted by Crippen LogP contribution is -2.35. The Morgan fingerprint density at radius 3 is 2.17 bits per heavy atom. The predicted molar refractivity (Wildman–Crippen MR) is 54.2 cm³/mol. The topological polar surface area (TPSA) is 3.88 Å². The maximum absolute atomic E-state index is 2.25. The minimum absolute atomic E-state index is 1.03. The Bertz CT molecular complexity index is 174. The van der Waals surface area contributed by atoms with E-state index in [0.717, 1.165) is 12.8 Å². The third kappa shape index (κ3) is 4.94. The molecule has 2 heteroatoms. The Kier molecular flexibility index (Phi) is 7.77. The van der Waals surface area contributed by atoms with Crippen LogP contribution >= 0.6 is 0 Å². The average Bonchev–Trinajstić information content (AvgIpc) is 2.19. The first-order chi connectivity index (χ1) is 5.93. The van der Waals surface area contributed by atoms with Crippen LogP contribution in [-0.2, 0) is 6.44 Å². The van der Waals surface area contributed by atoms with E-state index in [-0.39, 0.29) is 0 Å². The van der Waals surface area contributed by atoms with Crippen molar-refractivity contribution in [1.29, 1.82) is 0 Å². The van der Waals surface area contributed by atoms with Crippen LogP contribution in [0.4, 0.5) is 0 Å². The standard InChI is InChI=1S/C8H12BN.C2H6/c1-2-9-8-10-6-4-3-5-7-10;1-2/h3-7H,2,8H2,1H3;1-2H3/q+1;. The van der Waals surface area contributed by atoms with Gasteiger partial charge in [0.05, 0.1) is 0 Å². The summed E-state index contributed by atoms with van der Waals surface area (Å²) < 4.78 is 2.16. The molecule has 0 amide bonds. The molecule has 0 spiro atoms. The average molecular weight is 163 g/mol. The van der Waals surface area contributed by atoms with Crippen molar-refractivity contribution in [3.8, 4) is 0 Å². The molecule has 65 valence electrons. The molecule has 0 aliphatic rings. The van der Waals surface area contributed by atoms with E-state index in [0.29, 0.717) is 0 Å². The number of nitrogens with zero attached hydrogens (tertiary/aromatic N) is 1. The molecule has 1 heterocycles. The first kappa shape index (κ1) is 11.2. The lowest BCUT2D eigenvalue weighted by Gasteiger charge is -1.90. The van der Waals surface area contributed by atoms with Gasteiger partial charge >= 0.3 is 0 Å². The first-order valence-corrected chi connectivity index (χ1v) is 4.69. The Morgan fingerprint density at radius 2 is 1.67 bits per heavy atom. The molecule has 12 heavy (non-hydrogen) atoms. The van der Waals surface area contributed by atoms with Gasteiger partial charge in [-0.3, -0.25) is 0 Å². The van der Waals surface area contributed by atoms with Crippen molar-refractivity contribution in [2.24, 2.45) is 0 Å². The zero-order valence-corrected chi connectivity index (χ0v) is 8.33. The second kappa shape index (κ2) is 8.31. The van der Waals surface area contributed by atoms with E-state index in [4.69, 9.17) is 0 Å². The van der Waals surface area contributed by atoms with Crippen LogP contribution in [0, 0.1) is 0 Å². The van der Waals surface area contributed by atoms with Gasteiger partial charge in [-0.1, -0.05) is 33.2 Å². The Morgan fingerprint density at radius 1 is 1.08 bits per heavy atom. The summed E-state index contributed by atoms with van der Waals surface area (Å²) in [6.45, 7) is 6.16. The van der Waals surface area contributed by atoms with Gasteiger partial charge in [0.25, 0.3) is 0 Å². The van der Waals surface area contributed by atoms with Crippen molar-refractivity contribution >= 4 is 7.28 Å². The SMILES string of the molecule is CC.CC[B]C[n+]1ccccc1. The Balaban J connectivity index is 0.000000561. The van der Waals surface area contributed by atoms with E-state index in [1.165, 1.54) is 0 Å². The maximum atomic E-state index is 2.25. The van der Waals surface area contributed by atoms with E-state index in [1.54, 1.807) is 0 Å². The summed E-state index contributed by atoms with van der Waals surface area (Å²) in [4.78, 5) is 0. The minimum atomic E-state index is 1.03. The quantitative estimate of drug-likeness (QED) is 0.474. The number of aromatic nitrogens is 1. The highest BCUT2D eigenvalue weighted by Crippen LogP contribution is 1.77. The summed E-state index contributed by atoms with van der Waals surface area (Å²) in [7, 11) is 2.25. The van der Waals surface area contributed by atoms with E-state index in [1.807, 2.05) is 32.0 Å². The molecule has 0 saturated heterocycles. The van der Waals surface area contributed by atoms with Gasteiger partial charge in [0.1, 0.15) is 6.44 Å². The van der Waals surface area contributed by atoms with Gasteiger partial charge < -0.3 is 0 Å².